The average Bonchev–Trinajstić information content (AvgIpc) is 2.60. The highest BCUT2D eigenvalue weighted by molar-refractivity contribution is 5.97. The van der Waals surface area contributed by atoms with Crippen LogP contribution in [0.4, 0.5) is 0 Å². The lowest BCUT2D eigenvalue weighted by Gasteiger charge is -2.29. The van der Waals surface area contributed by atoms with E-state index in [1.807, 2.05) is 6.07 Å². The molecule has 0 N–H and O–H groups in total. The number of carbonyl (C=O) groups excluding carboxylic acids is 3. The molecule has 0 fully saturated rings. The van der Waals surface area contributed by atoms with Gasteiger partial charge in [0.05, 0.1) is 26.2 Å². The quantitative estimate of drug-likeness (QED) is 0.536. The molecule has 0 heterocycles. The van der Waals surface area contributed by atoms with Crippen molar-refractivity contribution in [3.63, 3.8) is 0 Å². The van der Waals surface area contributed by atoms with Crippen LogP contribution < -0.4 is 0 Å². The third kappa shape index (κ3) is 4.39. The molecule has 0 spiro atoms. The third-order valence-corrected chi connectivity index (χ3v) is 3.69. The molecule has 0 bridgehead atoms. The minimum absolute atomic E-state index is 0.138. The Bertz CT molecular complexity index is 523. The summed E-state index contributed by atoms with van der Waals surface area (Å²) in [6, 6.07) is 8.90. The van der Waals surface area contributed by atoms with E-state index in [4.69, 9.17) is 4.74 Å². The molecule has 6 heteroatoms. The molecule has 1 aromatic rings. The highest BCUT2D eigenvalue weighted by atomic mass is 16.6. The second-order valence-electron chi connectivity index (χ2n) is 4.93. The van der Waals surface area contributed by atoms with E-state index in [2.05, 4.69) is 9.47 Å². The molecule has 0 aliphatic rings. The molecule has 0 saturated carbocycles. The van der Waals surface area contributed by atoms with Crippen molar-refractivity contribution in [1.29, 1.82) is 0 Å². The lowest BCUT2D eigenvalue weighted by Crippen LogP contribution is -2.43. The van der Waals surface area contributed by atoms with Gasteiger partial charge in [-0.1, -0.05) is 37.3 Å². The van der Waals surface area contributed by atoms with Crippen LogP contribution in [0, 0.1) is 5.92 Å². The standard InChI is InChI=1S/C17H22O6/c1-5-12(18)13(11-9-7-6-8-10-11)15(21-2)14(16(19)22-3)17(20)23-4/h6-10,13-15H,5H2,1-4H3. The molecule has 2 atom stereocenters. The molecule has 1 aromatic carbocycles. The lowest BCUT2D eigenvalue weighted by molar-refractivity contribution is -0.166. The number of ether oxygens (including phenoxy) is 3. The summed E-state index contributed by atoms with van der Waals surface area (Å²) in [5.74, 6) is -3.84. The molecular formula is C17H22O6. The largest absolute Gasteiger partial charge is 0.468 e. The molecule has 0 aromatic heterocycles. The number of rotatable bonds is 8. The Morgan fingerprint density at radius 1 is 0.957 bits per heavy atom. The molecule has 2 unspecified atom stereocenters. The number of carbonyl (C=O) groups is 3. The highest BCUT2D eigenvalue weighted by Gasteiger charge is 2.44. The maximum Gasteiger partial charge on any atom is 0.322 e. The van der Waals surface area contributed by atoms with Gasteiger partial charge in [0.25, 0.3) is 0 Å². The fourth-order valence-electron chi connectivity index (χ4n) is 2.52. The van der Waals surface area contributed by atoms with Gasteiger partial charge >= 0.3 is 11.9 Å². The fourth-order valence-corrected chi connectivity index (χ4v) is 2.52. The van der Waals surface area contributed by atoms with Crippen LogP contribution in [0.3, 0.4) is 0 Å². The Balaban J connectivity index is 3.35. The smallest absolute Gasteiger partial charge is 0.322 e. The van der Waals surface area contributed by atoms with Crippen LogP contribution in [0.15, 0.2) is 30.3 Å². The van der Waals surface area contributed by atoms with Crippen molar-refractivity contribution >= 4 is 17.7 Å². The first-order chi connectivity index (χ1) is 11.0. The monoisotopic (exact) mass is 322 g/mol. The number of ketones is 1. The van der Waals surface area contributed by atoms with Gasteiger partial charge in [0, 0.05) is 13.5 Å². The number of benzene rings is 1. The van der Waals surface area contributed by atoms with Crippen LogP contribution in [0.5, 0.6) is 0 Å². The van der Waals surface area contributed by atoms with Crippen molar-refractivity contribution in [2.75, 3.05) is 21.3 Å². The zero-order chi connectivity index (χ0) is 17.4. The van der Waals surface area contributed by atoms with Gasteiger partial charge in [0.15, 0.2) is 5.92 Å². The van der Waals surface area contributed by atoms with Crippen LogP contribution in [0.25, 0.3) is 0 Å². The summed E-state index contributed by atoms with van der Waals surface area (Å²) in [7, 11) is 3.69. The minimum Gasteiger partial charge on any atom is -0.468 e. The first kappa shape index (κ1) is 18.8. The Labute approximate surface area is 135 Å². The Kier molecular flexibility index (Phi) is 7.41. The van der Waals surface area contributed by atoms with E-state index in [-0.39, 0.29) is 12.2 Å². The van der Waals surface area contributed by atoms with Crippen LogP contribution in [0.2, 0.25) is 0 Å². The normalized spacial score (nSPS) is 13.3. The van der Waals surface area contributed by atoms with Gasteiger partial charge in [-0.25, -0.2) is 0 Å². The van der Waals surface area contributed by atoms with Gasteiger partial charge in [-0.2, -0.15) is 0 Å². The molecule has 0 aliphatic heterocycles. The minimum atomic E-state index is -1.34. The van der Waals surface area contributed by atoms with Crippen molar-refractivity contribution < 1.29 is 28.6 Å². The summed E-state index contributed by atoms with van der Waals surface area (Å²) in [5, 5.41) is 0. The summed E-state index contributed by atoms with van der Waals surface area (Å²) in [5.41, 5.74) is 0.670. The molecule has 6 nitrogen and oxygen atoms in total. The maximum atomic E-state index is 12.5. The van der Waals surface area contributed by atoms with E-state index in [1.165, 1.54) is 21.3 Å². The molecule has 0 aliphatic carbocycles. The number of methoxy groups -OCH3 is 3. The van der Waals surface area contributed by atoms with Crippen LogP contribution in [0.1, 0.15) is 24.8 Å². The Morgan fingerprint density at radius 2 is 1.48 bits per heavy atom. The van der Waals surface area contributed by atoms with Crippen molar-refractivity contribution in [1.82, 2.24) is 0 Å². The SMILES string of the molecule is CCC(=O)C(c1ccccc1)C(OC)C(C(=O)OC)C(=O)OC. The van der Waals surface area contributed by atoms with Gasteiger partial charge in [0.1, 0.15) is 5.78 Å². The zero-order valence-electron chi connectivity index (χ0n) is 13.8. The Morgan fingerprint density at radius 3 is 1.87 bits per heavy atom. The summed E-state index contributed by atoms with van der Waals surface area (Å²) in [6.45, 7) is 1.72. The second-order valence-corrected chi connectivity index (χ2v) is 4.93. The molecule has 126 valence electrons. The van der Waals surface area contributed by atoms with E-state index in [9.17, 15) is 14.4 Å². The van der Waals surface area contributed by atoms with Crippen LogP contribution in [-0.2, 0) is 28.6 Å². The second kappa shape index (κ2) is 9.05. The van der Waals surface area contributed by atoms with Gasteiger partial charge in [0.2, 0.25) is 0 Å². The topological polar surface area (TPSA) is 78.9 Å². The zero-order valence-corrected chi connectivity index (χ0v) is 13.8. The molecule has 0 amide bonds. The number of esters is 2. The number of Topliss-reactive ketones (excluding diaryl/α,β-unsaturated/α-hetero) is 1. The maximum absolute atomic E-state index is 12.5. The molecular weight excluding hydrogens is 300 g/mol. The molecule has 0 radical (unpaired) electrons. The summed E-state index contributed by atoms with van der Waals surface area (Å²) < 4.78 is 14.7. The fraction of sp³-hybridized carbons (Fsp3) is 0.471. The van der Waals surface area contributed by atoms with E-state index in [1.54, 1.807) is 31.2 Å². The number of hydrogen-bond acceptors (Lipinski definition) is 6. The van der Waals surface area contributed by atoms with Crippen molar-refractivity contribution in [3.8, 4) is 0 Å². The van der Waals surface area contributed by atoms with Crippen LogP contribution >= 0.6 is 0 Å². The van der Waals surface area contributed by atoms with E-state index in [0.29, 0.717) is 5.56 Å². The number of hydrogen-bond donors (Lipinski definition) is 0. The average molecular weight is 322 g/mol. The van der Waals surface area contributed by atoms with Crippen molar-refractivity contribution in [2.45, 2.75) is 25.4 Å². The van der Waals surface area contributed by atoms with E-state index in [0.717, 1.165) is 0 Å². The predicted molar refractivity (Wildman–Crippen MR) is 82.8 cm³/mol. The molecule has 0 saturated heterocycles. The first-order valence-corrected chi connectivity index (χ1v) is 7.27. The van der Waals surface area contributed by atoms with Crippen molar-refractivity contribution in [3.05, 3.63) is 35.9 Å². The summed E-state index contributed by atoms with van der Waals surface area (Å²) in [6.07, 6.45) is -0.765. The van der Waals surface area contributed by atoms with E-state index >= 15 is 0 Å². The predicted octanol–water partition coefficient (Wildman–Crippen LogP) is 1.73. The molecule has 23 heavy (non-hydrogen) atoms. The third-order valence-electron chi connectivity index (χ3n) is 3.69. The van der Waals surface area contributed by atoms with E-state index < -0.39 is 29.9 Å². The van der Waals surface area contributed by atoms with Gasteiger partial charge in [-0.15, -0.1) is 0 Å². The first-order valence-electron chi connectivity index (χ1n) is 7.27. The van der Waals surface area contributed by atoms with Gasteiger partial charge < -0.3 is 14.2 Å². The highest BCUT2D eigenvalue weighted by Crippen LogP contribution is 2.30. The summed E-state index contributed by atoms with van der Waals surface area (Å²) >= 11 is 0. The summed E-state index contributed by atoms with van der Waals surface area (Å²) in [4.78, 5) is 36.5. The van der Waals surface area contributed by atoms with Crippen LogP contribution in [-0.4, -0.2) is 45.2 Å². The molecule has 1 rings (SSSR count). The van der Waals surface area contributed by atoms with Crippen molar-refractivity contribution in [2.24, 2.45) is 5.92 Å². The lowest BCUT2D eigenvalue weighted by atomic mass is 9.82. The van der Waals surface area contributed by atoms with Gasteiger partial charge in [-0.05, 0) is 5.56 Å². The van der Waals surface area contributed by atoms with Gasteiger partial charge in [-0.3, -0.25) is 14.4 Å². The Hall–Kier alpha value is -2.21.